The summed E-state index contributed by atoms with van der Waals surface area (Å²) in [5.74, 6) is 1.24. The average molecular weight is 281 g/mol. The highest BCUT2D eigenvalue weighted by molar-refractivity contribution is 5.20. The smallest absolute Gasteiger partial charge is 0.0878 e. The van der Waals surface area contributed by atoms with E-state index in [-0.39, 0.29) is 6.10 Å². The molecule has 0 bridgehead atoms. The average Bonchev–Trinajstić information content (AvgIpc) is 2.48. The lowest BCUT2D eigenvalue weighted by atomic mass is 9.82. The number of ether oxygens (including phenoxy) is 1. The molecule has 1 saturated heterocycles. The molecule has 3 unspecified atom stereocenters. The summed E-state index contributed by atoms with van der Waals surface area (Å²) in [5, 5.41) is 3.57. The van der Waals surface area contributed by atoms with E-state index in [9.17, 15) is 0 Å². The molecule has 0 aromatic heterocycles. The first-order valence-electron chi connectivity index (χ1n) is 7.76. The number of hydrogen-bond donors (Lipinski definition) is 1. The molecule has 1 aliphatic rings. The normalized spacial score (nSPS) is 22.5. The van der Waals surface area contributed by atoms with Gasteiger partial charge in [0.2, 0.25) is 0 Å². The Bertz CT molecular complexity index is 540. The van der Waals surface area contributed by atoms with Crippen LogP contribution in [0.4, 0.5) is 0 Å². The van der Waals surface area contributed by atoms with Gasteiger partial charge in [0, 0.05) is 12.5 Å². The van der Waals surface area contributed by atoms with E-state index in [1.165, 1.54) is 11.1 Å². The third kappa shape index (κ3) is 3.52. The Morgan fingerprint density at radius 1 is 1.05 bits per heavy atom. The zero-order chi connectivity index (χ0) is 14.5. The van der Waals surface area contributed by atoms with Crippen molar-refractivity contribution in [3.05, 3.63) is 71.8 Å². The van der Waals surface area contributed by atoms with Crippen LogP contribution in [0.15, 0.2) is 60.7 Å². The Morgan fingerprint density at radius 3 is 2.33 bits per heavy atom. The Labute approximate surface area is 127 Å². The van der Waals surface area contributed by atoms with Crippen LogP contribution >= 0.6 is 0 Å². The van der Waals surface area contributed by atoms with Crippen molar-refractivity contribution in [3.8, 4) is 0 Å². The van der Waals surface area contributed by atoms with Crippen LogP contribution in [0, 0.1) is 11.8 Å². The predicted molar refractivity (Wildman–Crippen MR) is 85.9 cm³/mol. The molecule has 2 heteroatoms. The molecular formula is C19H23NO. The maximum Gasteiger partial charge on any atom is 0.0878 e. The maximum absolute atomic E-state index is 5.79. The van der Waals surface area contributed by atoms with Gasteiger partial charge in [0.15, 0.2) is 0 Å². The maximum atomic E-state index is 5.79. The van der Waals surface area contributed by atoms with Crippen molar-refractivity contribution in [2.45, 2.75) is 19.6 Å². The van der Waals surface area contributed by atoms with E-state index in [1.54, 1.807) is 0 Å². The third-order valence-corrected chi connectivity index (χ3v) is 4.35. The summed E-state index contributed by atoms with van der Waals surface area (Å²) in [5.41, 5.74) is 2.65. The molecule has 21 heavy (non-hydrogen) atoms. The van der Waals surface area contributed by atoms with Crippen LogP contribution in [0.1, 0.15) is 24.2 Å². The summed E-state index contributed by atoms with van der Waals surface area (Å²) in [6.45, 7) is 5.18. The van der Waals surface area contributed by atoms with Gasteiger partial charge in [-0.15, -0.1) is 0 Å². The first-order valence-corrected chi connectivity index (χ1v) is 7.76. The molecule has 2 nitrogen and oxygen atoms in total. The standard InChI is InChI=1S/C19H23NO/c1-15(12-20-13-16-8-4-2-5-9-16)18-14-21-19(18)17-10-6-3-7-11-17/h2-11,15,18-20H,12-14H2,1H3. The fourth-order valence-electron chi connectivity index (χ4n) is 2.94. The molecule has 110 valence electrons. The third-order valence-electron chi connectivity index (χ3n) is 4.35. The number of nitrogens with one attached hydrogen (secondary N) is 1. The van der Waals surface area contributed by atoms with Crippen molar-refractivity contribution in [3.63, 3.8) is 0 Å². The zero-order valence-corrected chi connectivity index (χ0v) is 12.5. The lowest BCUT2D eigenvalue weighted by molar-refractivity contribution is -0.138. The van der Waals surface area contributed by atoms with Crippen molar-refractivity contribution >= 4 is 0 Å². The summed E-state index contributed by atoms with van der Waals surface area (Å²) in [7, 11) is 0. The van der Waals surface area contributed by atoms with Gasteiger partial charge in [0.25, 0.3) is 0 Å². The van der Waals surface area contributed by atoms with Gasteiger partial charge in [-0.25, -0.2) is 0 Å². The summed E-state index contributed by atoms with van der Waals surface area (Å²) < 4.78 is 5.79. The molecule has 1 aliphatic heterocycles. The SMILES string of the molecule is CC(CNCc1ccccc1)C1COC1c1ccccc1. The largest absolute Gasteiger partial charge is 0.373 e. The van der Waals surface area contributed by atoms with Gasteiger partial charge >= 0.3 is 0 Å². The highest BCUT2D eigenvalue weighted by atomic mass is 16.5. The van der Waals surface area contributed by atoms with Crippen molar-refractivity contribution in [2.75, 3.05) is 13.2 Å². The van der Waals surface area contributed by atoms with Crippen molar-refractivity contribution < 1.29 is 4.74 Å². The van der Waals surface area contributed by atoms with Crippen LogP contribution in [0.2, 0.25) is 0 Å². The van der Waals surface area contributed by atoms with Crippen LogP contribution in [-0.4, -0.2) is 13.2 Å². The topological polar surface area (TPSA) is 21.3 Å². The molecule has 2 aromatic rings. The molecule has 0 radical (unpaired) electrons. The second-order valence-corrected chi connectivity index (χ2v) is 5.92. The minimum absolute atomic E-state index is 0.278. The van der Waals surface area contributed by atoms with E-state index in [1.807, 2.05) is 0 Å². The van der Waals surface area contributed by atoms with Gasteiger partial charge in [0.05, 0.1) is 12.7 Å². The number of benzene rings is 2. The van der Waals surface area contributed by atoms with Crippen LogP contribution in [0.5, 0.6) is 0 Å². The van der Waals surface area contributed by atoms with E-state index in [2.05, 4.69) is 72.9 Å². The van der Waals surface area contributed by atoms with E-state index < -0.39 is 0 Å². The van der Waals surface area contributed by atoms with Crippen LogP contribution in [-0.2, 0) is 11.3 Å². The van der Waals surface area contributed by atoms with Gasteiger partial charge in [0.1, 0.15) is 0 Å². The molecule has 3 atom stereocenters. The highest BCUT2D eigenvalue weighted by Crippen LogP contribution is 2.39. The molecule has 3 rings (SSSR count). The summed E-state index contributed by atoms with van der Waals surface area (Å²) in [4.78, 5) is 0. The van der Waals surface area contributed by atoms with E-state index in [0.717, 1.165) is 19.7 Å². The first kappa shape index (κ1) is 14.3. The fraction of sp³-hybridized carbons (Fsp3) is 0.368. The summed E-state index contributed by atoms with van der Waals surface area (Å²) in [6, 6.07) is 21.1. The van der Waals surface area contributed by atoms with Gasteiger partial charge in [-0.2, -0.15) is 0 Å². The molecular weight excluding hydrogens is 258 g/mol. The molecule has 0 aliphatic carbocycles. The molecule has 1 fully saturated rings. The predicted octanol–water partition coefficient (Wildman–Crippen LogP) is 3.80. The quantitative estimate of drug-likeness (QED) is 0.869. The summed E-state index contributed by atoms with van der Waals surface area (Å²) in [6.07, 6.45) is 0.278. The zero-order valence-electron chi connectivity index (χ0n) is 12.5. The molecule has 1 heterocycles. The number of hydrogen-bond acceptors (Lipinski definition) is 2. The van der Waals surface area contributed by atoms with Gasteiger partial charge in [-0.1, -0.05) is 67.6 Å². The Kier molecular flexibility index (Phi) is 4.69. The Hall–Kier alpha value is -1.64. The van der Waals surface area contributed by atoms with Crippen LogP contribution in [0.3, 0.4) is 0 Å². The minimum atomic E-state index is 0.278. The van der Waals surface area contributed by atoms with Gasteiger partial charge < -0.3 is 10.1 Å². The van der Waals surface area contributed by atoms with Gasteiger partial charge in [-0.3, -0.25) is 0 Å². The second kappa shape index (κ2) is 6.88. The molecule has 0 spiro atoms. The molecule has 1 N–H and O–H groups in total. The van der Waals surface area contributed by atoms with Crippen molar-refractivity contribution in [2.24, 2.45) is 11.8 Å². The summed E-state index contributed by atoms with van der Waals surface area (Å²) >= 11 is 0. The highest BCUT2D eigenvalue weighted by Gasteiger charge is 2.36. The van der Waals surface area contributed by atoms with Gasteiger partial charge in [-0.05, 0) is 23.6 Å². The van der Waals surface area contributed by atoms with E-state index in [0.29, 0.717) is 11.8 Å². The monoisotopic (exact) mass is 281 g/mol. The number of rotatable bonds is 6. The lowest BCUT2D eigenvalue weighted by Crippen LogP contribution is -2.40. The second-order valence-electron chi connectivity index (χ2n) is 5.92. The fourth-order valence-corrected chi connectivity index (χ4v) is 2.94. The van der Waals surface area contributed by atoms with Crippen LogP contribution < -0.4 is 5.32 Å². The Balaban J connectivity index is 1.48. The van der Waals surface area contributed by atoms with Crippen LogP contribution in [0.25, 0.3) is 0 Å². The van der Waals surface area contributed by atoms with E-state index in [4.69, 9.17) is 4.74 Å². The molecule has 0 amide bonds. The molecule has 2 aromatic carbocycles. The first-order chi connectivity index (χ1) is 10.3. The lowest BCUT2D eigenvalue weighted by Gasteiger charge is -2.41. The Morgan fingerprint density at radius 2 is 1.71 bits per heavy atom. The van der Waals surface area contributed by atoms with E-state index >= 15 is 0 Å². The molecule has 0 saturated carbocycles. The minimum Gasteiger partial charge on any atom is -0.373 e. The van der Waals surface area contributed by atoms with Crippen molar-refractivity contribution in [1.82, 2.24) is 5.32 Å². The van der Waals surface area contributed by atoms with Crippen molar-refractivity contribution in [1.29, 1.82) is 0 Å².